The smallest absolute Gasteiger partial charge is 0.156 e. The fraction of sp³-hybridized carbons (Fsp3) is 0.462. The zero-order chi connectivity index (χ0) is 13.1. The van der Waals surface area contributed by atoms with Gasteiger partial charge in [-0.15, -0.1) is 0 Å². The third-order valence-electron chi connectivity index (χ3n) is 2.92. The predicted molar refractivity (Wildman–Crippen MR) is 72.5 cm³/mol. The maximum Gasteiger partial charge on any atom is 0.156 e. The highest BCUT2D eigenvalue weighted by molar-refractivity contribution is 9.10. The number of hydrogen-bond acceptors (Lipinski definition) is 3. The van der Waals surface area contributed by atoms with E-state index in [0.717, 1.165) is 15.8 Å². The standard InChI is InChI=1S/C13H18BrNO2/c1-13(2,15-3)12(16)8-9-7-10(14)5-6-11(9)17-4/h5-7,15H,8H2,1-4H3. The first-order valence-corrected chi connectivity index (χ1v) is 6.24. The summed E-state index contributed by atoms with van der Waals surface area (Å²) in [6.45, 7) is 3.75. The molecule has 1 aromatic carbocycles. The van der Waals surface area contributed by atoms with E-state index in [1.807, 2.05) is 32.0 Å². The lowest BCUT2D eigenvalue weighted by atomic mass is 9.93. The van der Waals surface area contributed by atoms with Crippen LogP contribution in [0.2, 0.25) is 0 Å². The lowest BCUT2D eigenvalue weighted by Crippen LogP contribution is -2.45. The molecule has 1 N–H and O–H groups in total. The fourth-order valence-corrected chi connectivity index (χ4v) is 1.83. The van der Waals surface area contributed by atoms with Crippen LogP contribution in [-0.4, -0.2) is 25.5 Å². The van der Waals surface area contributed by atoms with E-state index < -0.39 is 5.54 Å². The molecule has 1 aromatic rings. The highest BCUT2D eigenvalue weighted by Crippen LogP contribution is 2.24. The van der Waals surface area contributed by atoms with Gasteiger partial charge in [0.05, 0.1) is 12.6 Å². The first-order chi connectivity index (χ1) is 7.90. The van der Waals surface area contributed by atoms with Crippen LogP contribution >= 0.6 is 15.9 Å². The van der Waals surface area contributed by atoms with Crippen molar-refractivity contribution in [3.63, 3.8) is 0 Å². The molecular weight excluding hydrogens is 282 g/mol. The molecule has 0 aliphatic heterocycles. The molecule has 94 valence electrons. The van der Waals surface area contributed by atoms with Crippen molar-refractivity contribution in [2.24, 2.45) is 0 Å². The normalized spacial score (nSPS) is 11.4. The number of rotatable bonds is 5. The van der Waals surface area contributed by atoms with Crippen molar-refractivity contribution in [2.75, 3.05) is 14.2 Å². The van der Waals surface area contributed by atoms with E-state index in [1.165, 1.54) is 0 Å². The number of hydrogen-bond donors (Lipinski definition) is 1. The van der Waals surface area contributed by atoms with Gasteiger partial charge in [0, 0.05) is 16.5 Å². The lowest BCUT2D eigenvalue weighted by molar-refractivity contribution is -0.123. The Morgan fingerprint density at radius 1 is 1.47 bits per heavy atom. The largest absolute Gasteiger partial charge is 0.496 e. The molecule has 0 heterocycles. The van der Waals surface area contributed by atoms with Crippen molar-refractivity contribution >= 4 is 21.7 Å². The molecule has 0 saturated carbocycles. The molecule has 0 unspecified atom stereocenters. The number of benzene rings is 1. The first kappa shape index (κ1) is 14.2. The van der Waals surface area contributed by atoms with Crippen LogP contribution in [-0.2, 0) is 11.2 Å². The van der Waals surface area contributed by atoms with Crippen LogP contribution in [0.25, 0.3) is 0 Å². The fourth-order valence-electron chi connectivity index (χ4n) is 1.42. The topological polar surface area (TPSA) is 38.3 Å². The van der Waals surface area contributed by atoms with E-state index in [9.17, 15) is 4.79 Å². The van der Waals surface area contributed by atoms with Crippen molar-refractivity contribution in [3.05, 3.63) is 28.2 Å². The molecule has 0 amide bonds. The van der Waals surface area contributed by atoms with Gasteiger partial charge in [-0.3, -0.25) is 4.79 Å². The minimum absolute atomic E-state index is 0.136. The predicted octanol–water partition coefficient (Wildman–Crippen LogP) is 2.57. The van der Waals surface area contributed by atoms with Crippen LogP contribution in [0.4, 0.5) is 0 Å². The summed E-state index contributed by atoms with van der Waals surface area (Å²) in [4.78, 5) is 12.1. The SMILES string of the molecule is CNC(C)(C)C(=O)Cc1cc(Br)ccc1OC. The van der Waals surface area contributed by atoms with Crippen molar-refractivity contribution < 1.29 is 9.53 Å². The molecule has 0 atom stereocenters. The van der Waals surface area contributed by atoms with Crippen molar-refractivity contribution in [1.29, 1.82) is 0 Å². The van der Waals surface area contributed by atoms with E-state index in [4.69, 9.17) is 4.74 Å². The molecule has 17 heavy (non-hydrogen) atoms. The first-order valence-electron chi connectivity index (χ1n) is 5.45. The Morgan fingerprint density at radius 3 is 2.65 bits per heavy atom. The van der Waals surface area contributed by atoms with Crippen LogP contribution in [0.5, 0.6) is 5.75 Å². The number of likely N-dealkylation sites (N-methyl/N-ethyl adjacent to an activating group) is 1. The summed E-state index contributed by atoms with van der Waals surface area (Å²) in [6, 6.07) is 5.68. The highest BCUT2D eigenvalue weighted by Gasteiger charge is 2.25. The maximum atomic E-state index is 12.1. The molecule has 1 rings (SSSR count). The molecule has 0 aliphatic carbocycles. The van der Waals surface area contributed by atoms with Gasteiger partial charge < -0.3 is 10.1 Å². The average molecular weight is 300 g/mol. The summed E-state index contributed by atoms with van der Waals surface area (Å²) in [7, 11) is 3.40. The monoisotopic (exact) mass is 299 g/mol. The van der Waals surface area contributed by atoms with Gasteiger partial charge >= 0.3 is 0 Å². The van der Waals surface area contributed by atoms with E-state index in [2.05, 4.69) is 21.2 Å². The molecule has 3 nitrogen and oxygen atoms in total. The van der Waals surface area contributed by atoms with Gasteiger partial charge in [0.2, 0.25) is 0 Å². The third-order valence-corrected chi connectivity index (χ3v) is 3.41. The Bertz CT molecular complexity index is 416. The Kier molecular flexibility index (Phi) is 4.71. The Labute approximate surface area is 111 Å². The number of ketones is 1. The Balaban J connectivity index is 2.95. The second-order valence-electron chi connectivity index (χ2n) is 4.43. The number of nitrogens with one attached hydrogen (secondary N) is 1. The van der Waals surface area contributed by atoms with E-state index in [-0.39, 0.29) is 5.78 Å². The second kappa shape index (κ2) is 5.65. The van der Waals surface area contributed by atoms with E-state index in [0.29, 0.717) is 6.42 Å². The summed E-state index contributed by atoms with van der Waals surface area (Å²) in [5.74, 6) is 0.879. The van der Waals surface area contributed by atoms with Crippen LogP contribution in [0.3, 0.4) is 0 Å². The summed E-state index contributed by atoms with van der Waals surface area (Å²) >= 11 is 3.40. The number of halogens is 1. The van der Waals surface area contributed by atoms with Gasteiger partial charge in [0.25, 0.3) is 0 Å². The van der Waals surface area contributed by atoms with Crippen molar-refractivity contribution in [2.45, 2.75) is 25.8 Å². The molecule has 0 aromatic heterocycles. The summed E-state index contributed by atoms with van der Waals surface area (Å²) in [5, 5.41) is 3.01. The second-order valence-corrected chi connectivity index (χ2v) is 5.35. The van der Waals surface area contributed by atoms with Crippen molar-refractivity contribution in [3.8, 4) is 5.75 Å². The molecular formula is C13H18BrNO2. The van der Waals surface area contributed by atoms with Gasteiger partial charge in [0.1, 0.15) is 5.75 Å². The van der Waals surface area contributed by atoms with Crippen LogP contribution in [0.15, 0.2) is 22.7 Å². The summed E-state index contributed by atoms with van der Waals surface area (Å²) < 4.78 is 6.20. The minimum atomic E-state index is -0.521. The number of carbonyl (C=O) groups is 1. The number of carbonyl (C=O) groups excluding carboxylic acids is 1. The van der Waals surface area contributed by atoms with Gasteiger partial charge in [-0.05, 0) is 39.1 Å². The van der Waals surface area contributed by atoms with E-state index >= 15 is 0 Å². The van der Waals surface area contributed by atoms with Gasteiger partial charge in [-0.2, -0.15) is 0 Å². The van der Waals surface area contributed by atoms with Gasteiger partial charge in [-0.1, -0.05) is 15.9 Å². The number of Topliss-reactive ketones (excluding diaryl/α,β-unsaturated/α-hetero) is 1. The number of methoxy groups -OCH3 is 1. The minimum Gasteiger partial charge on any atom is -0.496 e. The van der Waals surface area contributed by atoms with E-state index in [1.54, 1.807) is 14.2 Å². The maximum absolute atomic E-state index is 12.1. The summed E-state index contributed by atoms with van der Waals surface area (Å²) in [5.41, 5.74) is 0.378. The van der Waals surface area contributed by atoms with Crippen LogP contribution in [0, 0.1) is 0 Å². The lowest BCUT2D eigenvalue weighted by Gasteiger charge is -2.22. The molecule has 0 aliphatic rings. The molecule has 0 fully saturated rings. The van der Waals surface area contributed by atoms with Crippen LogP contribution in [0.1, 0.15) is 19.4 Å². The molecule has 4 heteroatoms. The zero-order valence-electron chi connectivity index (χ0n) is 10.6. The third kappa shape index (κ3) is 3.54. The number of ether oxygens (including phenoxy) is 1. The molecule has 0 spiro atoms. The Morgan fingerprint density at radius 2 is 2.12 bits per heavy atom. The molecule has 0 saturated heterocycles. The van der Waals surface area contributed by atoms with Gasteiger partial charge in [0.15, 0.2) is 5.78 Å². The average Bonchev–Trinajstić information content (AvgIpc) is 2.29. The molecule has 0 bridgehead atoms. The van der Waals surface area contributed by atoms with Crippen molar-refractivity contribution in [1.82, 2.24) is 5.32 Å². The quantitative estimate of drug-likeness (QED) is 0.908. The molecule has 0 radical (unpaired) electrons. The van der Waals surface area contributed by atoms with Crippen LogP contribution < -0.4 is 10.1 Å². The van der Waals surface area contributed by atoms with Gasteiger partial charge in [-0.25, -0.2) is 0 Å². The summed E-state index contributed by atoms with van der Waals surface area (Å²) in [6.07, 6.45) is 0.358. The Hall–Kier alpha value is -0.870. The zero-order valence-corrected chi connectivity index (χ0v) is 12.2. The highest BCUT2D eigenvalue weighted by atomic mass is 79.9.